The molecular formula is C15H16N4O2S. The van der Waals surface area contributed by atoms with E-state index in [0.29, 0.717) is 19.6 Å². The number of amides is 2. The Morgan fingerprint density at radius 2 is 2.27 bits per heavy atom. The Bertz CT molecular complexity index is 704. The fourth-order valence-electron chi connectivity index (χ4n) is 1.98. The van der Waals surface area contributed by atoms with Gasteiger partial charge in [-0.15, -0.1) is 11.3 Å². The van der Waals surface area contributed by atoms with Crippen molar-refractivity contribution >= 4 is 17.4 Å². The second-order valence-corrected chi connectivity index (χ2v) is 5.69. The summed E-state index contributed by atoms with van der Waals surface area (Å²) in [7, 11) is 0. The van der Waals surface area contributed by atoms with E-state index >= 15 is 0 Å². The number of hydrogen-bond donors (Lipinski definition) is 2. The number of furan rings is 1. The fourth-order valence-corrected chi connectivity index (χ4v) is 2.63. The third kappa shape index (κ3) is 3.76. The summed E-state index contributed by atoms with van der Waals surface area (Å²) in [5.41, 5.74) is 0.923. The minimum Gasteiger partial charge on any atom is -0.464 e. The van der Waals surface area contributed by atoms with E-state index in [2.05, 4.69) is 15.7 Å². The zero-order valence-corrected chi connectivity index (χ0v) is 12.7. The highest BCUT2D eigenvalue weighted by Gasteiger charge is 2.05. The lowest BCUT2D eigenvalue weighted by Crippen LogP contribution is -2.36. The van der Waals surface area contributed by atoms with Crippen molar-refractivity contribution in [3.63, 3.8) is 0 Å². The van der Waals surface area contributed by atoms with Crippen molar-refractivity contribution in [2.24, 2.45) is 0 Å². The predicted octanol–water partition coefficient (Wildman–Crippen LogP) is 2.70. The molecule has 0 saturated heterocycles. The molecule has 0 radical (unpaired) electrons. The van der Waals surface area contributed by atoms with E-state index < -0.39 is 0 Å². The van der Waals surface area contributed by atoms with Gasteiger partial charge in [-0.2, -0.15) is 5.10 Å². The molecule has 0 unspecified atom stereocenters. The number of nitrogens with zero attached hydrogens (tertiary/aromatic N) is 2. The second kappa shape index (κ2) is 6.95. The Hall–Kier alpha value is -2.54. The SMILES string of the molecule is O=C(NCCn1cc(-c2ccco2)cn1)NCc1cccs1. The van der Waals surface area contributed by atoms with Gasteiger partial charge in [-0.25, -0.2) is 4.79 Å². The molecule has 0 spiro atoms. The van der Waals surface area contributed by atoms with Gasteiger partial charge in [0.1, 0.15) is 5.76 Å². The Morgan fingerprint density at radius 3 is 3.05 bits per heavy atom. The first-order valence-corrected chi connectivity index (χ1v) is 7.79. The van der Waals surface area contributed by atoms with Gasteiger partial charge in [-0.05, 0) is 23.6 Å². The average Bonchev–Trinajstić information content (AvgIpc) is 3.26. The molecule has 3 rings (SSSR count). The normalized spacial score (nSPS) is 10.5. The Balaban J connectivity index is 1.40. The lowest BCUT2D eigenvalue weighted by Gasteiger charge is -2.06. The first-order chi connectivity index (χ1) is 10.8. The van der Waals surface area contributed by atoms with E-state index in [9.17, 15) is 4.79 Å². The predicted molar refractivity (Wildman–Crippen MR) is 84.5 cm³/mol. The lowest BCUT2D eigenvalue weighted by molar-refractivity contribution is 0.240. The van der Waals surface area contributed by atoms with Gasteiger partial charge in [-0.1, -0.05) is 6.07 Å². The van der Waals surface area contributed by atoms with Gasteiger partial charge in [0.05, 0.1) is 31.1 Å². The van der Waals surface area contributed by atoms with Crippen LogP contribution < -0.4 is 10.6 Å². The molecule has 0 bridgehead atoms. The number of carbonyl (C=O) groups excluding carboxylic acids is 1. The number of hydrogen-bond acceptors (Lipinski definition) is 4. The van der Waals surface area contributed by atoms with E-state index in [0.717, 1.165) is 16.2 Å². The summed E-state index contributed by atoms with van der Waals surface area (Å²) in [4.78, 5) is 12.8. The zero-order valence-electron chi connectivity index (χ0n) is 11.9. The standard InChI is InChI=1S/C15H16N4O2S/c20-15(17-10-13-3-2-8-22-13)16-5-6-19-11-12(9-18-19)14-4-1-7-21-14/h1-4,7-9,11H,5-6,10H2,(H2,16,17,20). The molecule has 0 aliphatic heterocycles. The van der Waals surface area contributed by atoms with Crippen molar-refractivity contribution in [2.45, 2.75) is 13.1 Å². The number of urea groups is 1. The molecule has 22 heavy (non-hydrogen) atoms. The van der Waals surface area contributed by atoms with E-state index in [1.807, 2.05) is 35.8 Å². The molecule has 3 aromatic rings. The third-order valence-electron chi connectivity index (χ3n) is 3.07. The van der Waals surface area contributed by atoms with Gasteiger partial charge < -0.3 is 15.1 Å². The molecule has 3 aromatic heterocycles. The Kier molecular flexibility index (Phi) is 4.55. The van der Waals surface area contributed by atoms with Crippen LogP contribution in [-0.2, 0) is 13.1 Å². The first-order valence-electron chi connectivity index (χ1n) is 6.92. The van der Waals surface area contributed by atoms with Crippen molar-refractivity contribution in [3.05, 3.63) is 53.2 Å². The minimum atomic E-state index is -0.174. The highest BCUT2D eigenvalue weighted by molar-refractivity contribution is 7.09. The van der Waals surface area contributed by atoms with Gasteiger partial charge in [0.25, 0.3) is 0 Å². The van der Waals surface area contributed by atoms with E-state index in [1.165, 1.54) is 0 Å². The van der Waals surface area contributed by atoms with Crippen LogP contribution in [0.3, 0.4) is 0 Å². The molecule has 6 nitrogen and oxygen atoms in total. The highest BCUT2D eigenvalue weighted by Crippen LogP contribution is 2.18. The van der Waals surface area contributed by atoms with E-state index in [-0.39, 0.29) is 6.03 Å². The number of rotatable bonds is 6. The van der Waals surface area contributed by atoms with Crippen LogP contribution >= 0.6 is 11.3 Å². The van der Waals surface area contributed by atoms with Crippen LogP contribution in [0, 0.1) is 0 Å². The number of carbonyl (C=O) groups is 1. The molecule has 2 N–H and O–H groups in total. The van der Waals surface area contributed by atoms with Crippen LogP contribution in [0.1, 0.15) is 4.88 Å². The van der Waals surface area contributed by atoms with Gasteiger partial charge in [0, 0.05) is 17.6 Å². The molecule has 3 heterocycles. The molecular weight excluding hydrogens is 300 g/mol. The summed E-state index contributed by atoms with van der Waals surface area (Å²) < 4.78 is 7.09. The maximum Gasteiger partial charge on any atom is 0.315 e. The number of thiophene rings is 1. The van der Waals surface area contributed by atoms with E-state index in [1.54, 1.807) is 28.5 Å². The molecule has 0 aromatic carbocycles. The monoisotopic (exact) mass is 316 g/mol. The molecule has 2 amide bonds. The molecule has 0 saturated carbocycles. The zero-order chi connectivity index (χ0) is 15.2. The summed E-state index contributed by atoms with van der Waals surface area (Å²) in [6.45, 7) is 1.66. The van der Waals surface area contributed by atoms with Crippen LogP contribution in [0.25, 0.3) is 11.3 Å². The Morgan fingerprint density at radius 1 is 1.32 bits per heavy atom. The van der Waals surface area contributed by atoms with Gasteiger partial charge in [0.15, 0.2) is 0 Å². The fraction of sp³-hybridized carbons (Fsp3) is 0.200. The van der Waals surface area contributed by atoms with Gasteiger partial charge in [0.2, 0.25) is 0 Å². The maximum atomic E-state index is 11.7. The van der Waals surface area contributed by atoms with Crippen molar-refractivity contribution in [1.82, 2.24) is 20.4 Å². The smallest absolute Gasteiger partial charge is 0.315 e. The largest absolute Gasteiger partial charge is 0.464 e. The molecule has 0 aliphatic carbocycles. The van der Waals surface area contributed by atoms with Crippen molar-refractivity contribution in [2.75, 3.05) is 6.54 Å². The summed E-state index contributed by atoms with van der Waals surface area (Å²) >= 11 is 1.62. The highest BCUT2D eigenvalue weighted by atomic mass is 32.1. The van der Waals surface area contributed by atoms with Crippen LogP contribution in [0.15, 0.2) is 52.7 Å². The van der Waals surface area contributed by atoms with Crippen LogP contribution in [0.4, 0.5) is 4.79 Å². The van der Waals surface area contributed by atoms with Crippen LogP contribution in [-0.4, -0.2) is 22.4 Å². The van der Waals surface area contributed by atoms with Crippen LogP contribution in [0.2, 0.25) is 0 Å². The number of aromatic nitrogens is 2. The van der Waals surface area contributed by atoms with Crippen LogP contribution in [0.5, 0.6) is 0 Å². The van der Waals surface area contributed by atoms with Gasteiger partial charge in [-0.3, -0.25) is 4.68 Å². The quantitative estimate of drug-likeness (QED) is 0.734. The third-order valence-corrected chi connectivity index (χ3v) is 3.95. The summed E-state index contributed by atoms with van der Waals surface area (Å²) in [6.07, 6.45) is 5.27. The first kappa shape index (κ1) is 14.4. The summed E-state index contributed by atoms with van der Waals surface area (Å²) in [5, 5.41) is 11.9. The second-order valence-electron chi connectivity index (χ2n) is 4.66. The summed E-state index contributed by atoms with van der Waals surface area (Å²) in [6, 6.07) is 7.51. The maximum absolute atomic E-state index is 11.7. The molecule has 0 aliphatic rings. The molecule has 0 atom stereocenters. The molecule has 7 heteroatoms. The van der Waals surface area contributed by atoms with Crippen molar-refractivity contribution in [1.29, 1.82) is 0 Å². The lowest BCUT2D eigenvalue weighted by atomic mass is 10.3. The Labute approximate surface area is 131 Å². The van der Waals surface area contributed by atoms with Crippen molar-refractivity contribution in [3.8, 4) is 11.3 Å². The van der Waals surface area contributed by atoms with Crippen molar-refractivity contribution < 1.29 is 9.21 Å². The van der Waals surface area contributed by atoms with E-state index in [4.69, 9.17) is 4.42 Å². The minimum absolute atomic E-state index is 0.174. The van der Waals surface area contributed by atoms with Gasteiger partial charge >= 0.3 is 6.03 Å². The number of nitrogens with one attached hydrogen (secondary N) is 2. The average molecular weight is 316 g/mol. The summed E-state index contributed by atoms with van der Waals surface area (Å²) in [5.74, 6) is 0.785. The molecule has 0 fully saturated rings. The topological polar surface area (TPSA) is 72.1 Å². The molecule has 114 valence electrons.